The van der Waals surface area contributed by atoms with Gasteiger partial charge in [0.25, 0.3) is 0 Å². The smallest absolute Gasteiger partial charge is 0.399 e. The van der Waals surface area contributed by atoms with Crippen molar-refractivity contribution in [2.24, 2.45) is 0 Å². The molecule has 6 heteroatoms. The standard InChI is InChI=1S/C13H19BFNO3/c1-12(2)13(3,4)19-14(18-12)10-7-16-8-11(15)9(10)5-6-17/h7-8,17H,5-6H2,1-4H3. The summed E-state index contributed by atoms with van der Waals surface area (Å²) in [5.74, 6) is -0.443. The van der Waals surface area contributed by atoms with Crippen molar-refractivity contribution in [3.63, 3.8) is 0 Å². The van der Waals surface area contributed by atoms with Crippen LogP contribution in [0, 0.1) is 5.82 Å². The van der Waals surface area contributed by atoms with E-state index in [0.29, 0.717) is 11.0 Å². The molecule has 0 aromatic carbocycles. The number of aliphatic hydroxyl groups excluding tert-OH is 1. The highest BCUT2D eigenvalue weighted by molar-refractivity contribution is 6.62. The highest BCUT2D eigenvalue weighted by Crippen LogP contribution is 2.36. The monoisotopic (exact) mass is 267 g/mol. The second kappa shape index (κ2) is 4.85. The molecule has 1 aromatic heterocycles. The van der Waals surface area contributed by atoms with Gasteiger partial charge in [-0.1, -0.05) is 0 Å². The average Bonchev–Trinajstić information content (AvgIpc) is 2.51. The minimum Gasteiger partial charge on any atom is -0.399 e. The average molecular weight is 267 g/mol. The molecule has 1 saturated heterocycles. The first-order valence-electron chi connectivity index (χ1n) is 6.37. The maximum Gasteiger partial charge on any atom is 0.496 e. The lowest BCUT2D eigenvalue weighted by Gasteiger charge is -2.32. The lowest BCUT2D eigenvalue weighted by Crippen LogP contribution is -2.41. The van der Waals surface area contributed by atoms with Crippen LogP contribution in [0.15, 0.2) is 12.4 Å². The third-order valence-corrected chi connectivity index (χ3v) is 3.91. The van der Waals surface area contributed by atoms with Crippen LogP contribution in [0.3, 0.4) is 0 Å². The van der Waals surface area contributed by atoms with E-state index in [2.05, 4.69) is 4.98 Å². The largest absolute Gasteiger partial charge is 0.496 e. The number of pyridine rings is 1. The van der Waals surface area contributed by atoms with Crippen molar-refractivity contribution in [2.75, 3.05) is 6.61 Å². The number of halogens is 1. The molecule has 0 aliphatic carbocycles. The Kier molecular flexibility index (Phi) is 3.68. The van der Waals surface area contributed by atoms with Gasteiger partial charge in [0.15, 0.2) is 0 Å². The Balaban J connectivity index is 2.37. The van der Waals surface area contributed by atoms with Crippen LogP contribution in [0.5, 0.6) is 0 Å². The second-order valence-corrected chi connectivity index (χ2v) is 5.75. The van der Waals surface area contributed by atoms with E-state index in [0.717, 1.165) is 6.20 Å². The SMILES string of the molecule is CC1(C)OB(c2cncc(F)c2CCO)OC1(C)C. The minimum atomic E-state index is -0.658. The number of hydrogen-bond acceptors (Lipinski definition) is 4. The normalized spacial score (nSPS) is 20.8. The van der Waals surface area contributed by atoms with Crippen molar-refractivity contribution >= 4 is 12.6 Å². The summed E-state index contributed by atoms with van der Waals surface area (Å²) in [4.78, 5) is 3.85. The molecule has 0 unspecified atom stereocenters. The van der Waals surface area contributed by atoms with Crippen molar-refractivity contribution in [1.29, 1.82) is 0 Å². The van der Waals surface area contributed by atoms with Crippen molar-refractivity contribution in [3.8, 4) is 0 Å². The van der Waals surface area contributed by atoms with Crippen LogP contribution in [-0.4, -0.2) is 35.0 Å². The summed E-state index contributed by atoms with van der Waals surface area (Å²) < 4.78 is 25.6. The molecule has 0 bridgehead atoms. The van der Waals surface area contributed by atoms with Gasteiger partial charge in [-0.25, -0.2) is 4.39 Å². The lowest BCUT2D eigenvalue weighted by atomic mass is 9.76. The molecule has 1 aromatic rings. The molecular formula is C13H19BFNO3. The summed E-state index contributed by atoms with van der Waals surface area (Å²) in [6.45, 7) is 7.61. The first-order chi connectivity index (χ1) is 8.78. The fourth-order valence-corrected chi connectivity index (χ4v) is 2.03. The van der Waals surface area contributed by atoms with Gasteiger partial charge < -0.3 is 14.4 Å². The van der Waals surface area contributed by atoms with Gasteiger partial charge in [-0.05, 0) is 39.7 Å². The Bertz CT molecular complexity index is 463. The quantitative estimate of drug-likeness (QED) is 0.832. The highest BCUT2D eigenvalue weighted by atomic mass is 19.1. The van der Waals surface area contributed by atoms with E-state index in [4.69, 9.17) is 14.4 Å². The molecule has 1 N–H and O–H groups in total. The van der Waals surface area contributed by atoms with Crippen molar-refractivity contribution in [3.05, 3.63) is 23.8 Å². The summed E-state index contributed by atoms with van der Waals surface area (Å²) in [5.41, 5.74) is -0.0234. The van der Waals surface area contributed by atoms with E-state index >= 15 is 0 Å². The molecule has 1 aliphatic heterocycles. The molecule has 0 spiro atoms. The van der Waals surface area contributed by atoms with Gasteiger partial charge in [0, 0.05) is 18.3 Å². The van der Waals surface area contributed by atoms with Crippen molar-refractivity contribution in [2.45, 2.75) is 45.3 Å². The fourth-order valence-electron chi connectivity index (χ4n) is 2.03. The third kappa shape index (κ3) is 2.52. The third-order valence-electron chi connectivity index (χ3n) is 3.91. The topological polar surface area (TPSA) is 51.6 Å². The van der Waals surface area contributed by atoms with E-state index in [1.54, 1.807) is 0 Å². The number of aromatic nitrogens is 1. The molecule has 2 rings (SSSR count). The van der Waals surface area contributed by atoms with Crippen LogP contribution in [0.2, 0.25) is 0 Å². The van der Waals surface area contributed by atoms with E-state index in [1.165, 1.54) is 6.20 Å². The second-order valence-electron chi connectivity index (χ2n) is 5.75. The lowest BCUT2D eigenvalue weighted by molar-refractivity contribution is 0.00578. The fraction of sp³-hybridized carbons (Fsp3) is 0.615. The predicted octanol–water partition coefficient (Wildman–Crippen LogP) is 1.05. The van der Waals surface area contributed by atoms with Crippen LogP contribution in [0.25, 0.3) is 0 Å². The van der Waals surface area contributed by atoms with Gasteiger partial charge in [-0.3, -0.25) is 4.98 Å². The van der Waals surface area contributed by atoms with Gasteiger partial charge in [-0.2, -0.15) is 0 Å². The molecule has 104 valence electrons. The van der Waals surface area contributed by atoms with Gasteiger partial charge in [0.05, 0.1) is 17.4 Å². The molecular weight excluding hydrogens is 248 g/mol. The zero-order chi connectivity index (χ0) is 14.3. The summed E-state index contributed by atoms with van der Waals surface area (Å²) in [6.07, 6.45) is 2.89. The summed E-state index contributed by atoms with van der Waals surface area (Å²) in [7, 11) is -0.658. The van der Waals surface area contributed by atoms with E-state index in [-0.39, 0.29) is 13.0 Å². The van der Waals surface area contributed by atoms with E-state index < -0.39 is 24.1 Å². The van der Waals surface area contributed by atoms with Crippen LogP contribution < -0.4 is 5.46 Å². The number of rotatable bonds is 3. The first kappa shape index (κ1) is 14.4. The van der Waals surface area contributed by atoms with Gasteiger partial charge in [-0.15, -0.1) is 0 Å². The maximum absolute atomic E-state index is 13.8. The van der Waals surface area contributed by atoms with Crippen LogP contribution in [0.1, 0.15) is 33.3 Å². The predicted molar refractivity (Wildman–Crippen MR) is 70.7 cm³/mol. The number of hydrogen-bond donors (Lipinski definition) is 1. The maximum atomic E-state index is 13.8. The number of nitrogens with zero attached hydrogens (tertiary/aromatic N) is 1. The molecule has 1 fully saturated rings. The molecule has 4 nitrogen and oxygen atoms in total. The van der Waals surface area contributed by atoms with Gasteiger partial charge in [0.1, 0.15) is 5.82 Å². The van der Waals surface area contributed by atoms with E-state index in [1.807, 2.05) is 27.7 Å². The minimum absolute atomic E-state index is 0.132. The molecule has 0 amide bonds. The van der Waals surface area contributed by atoms with Crippen LogP contribution in [-0.2, 0) is 15.7 Å². The Hall–Kier alpha value is -0.975. The molecule has 1 aliphatic rings. The van der Waals surface area contributed by atoms with Gasteiger partial charge in [0.2, 0.25) is 0 Å². The zero-order valence-corrected chi connectivity index (χ0v) is 11.7. The zero-order valence-electron chi connectivity index (χ0n) is 11.7. The molecule has 19 heavy (non-hydrogen) atoms. The van der Waals surface area contributed by atoms with Crippen LogP contribution in [0.4, 0.5) is 4.39 Å². The summed E-state index contributed by atoms with van der Waals surface area (Å²) in [5, 5.41) is 9.05. The summed E-state index contributed by atoms with van der Waals surface area (Å²) in [6, 6.07) is 0. The Morgan fingerprint density at radius 2 is 1.79 bits per heavy atom. The van der Waals surface area contributed by atoms with E-state index in [9.17, 15) is 4.39 Å². The molecule has 0 atom stereocenters. The first-order valence-corrected chi connectivity index (χ1v) is 6.37. The Morgan fingerprint density at radius 3 is 2.32 bits per heavy atom. The summed E-state index contributed by atoms with van der Waals surface area (Å²) >= 11 is 0. The van der Waals surface area contributed by atoms with Crippen molar-refractivity contribution < 1.29 is 18.8 Å². The Morgan fingerprint density at radius 1 is 1.21 bits per heavy atom. The van der Waals surface area contributed by atoms with Crippen molar-refractivity contribution in [1.82, 2.24) is 4.98 Å². The molecule has 0 saturated carbocycles. The van der Waals surface area contributed by atoms with Crippen LogP contribution >= 0.6 is 0 Å². The molecule has 0 radical (unpaired) electrons. The molecule has 2 heterocycles. The Labute approximate surface area is 113 Å². The number of aliphatic hydroxyl groups is 1. The highest BCUT2D eigenvalue weighted by Gasteiger charge is 2.52. The van der Waals surface area contributed by atoms with Gasteiger partial charge >= 0.3 is 7.12 Å².